The van der Waals surface area contributed by atoms with Gasteiger partial charge in [0.15, 0.2) is 0 Å². The fraction of sp³-hybridized carbons (Fsp3) is 0.226. The molecule has 1 atom stereocenters. The molecule has 4 aromatic rings. The van der Waals surface area contributed by atoms with Gasteiger partial charge in [-0.3, -0.25) is 0 Å². The molecular formula is C31H31N. The number of hydrogen-bond acceptors (Lipinski definition) is 1. The molecule has 0 saturated heterocycles. The Morgan fingerprint density at radius 2 is 1.12 bits per heavy atom. The predicted octanol–water partition coefficient (Wildman–Crippen LogP) is 7.77. The van der Waals surface area contributed by atoms with Crippen LogP contribution in [0.15, 0.2) is 109 Å². The van der Waals surface area contributed by atoms with E-state index in [-0.39, 0.29) is 11.0 Å². The SMILES string of the molecule is C[C@H]1CC(C)(C)Nc2ccc(C(c3ccccc3)(c3ccccc3)c3ccccc3)cc21. The molecule has 0 aromatic heterocycles. The zero-order valence-electron chi connectivity index (χ0n) is 19.2. The minimum absolute atomic E-state index is 0.114. The van der Waals surface area contributed by atoms with Crippen molar-refractivity contribution < 1.29 is 0 Å². The van der Waals surface area contributed by atoms with Crippen LogP contribution in [0.25, 0.3) is 0 Å². The summed E-state index contributed by atoms with van der Waals surface area (Å²) in [4.78, 5) is 0. The first-order valence-electron chi connectivity index (χ1n) is 11.6. The van der Waals surface area contributed by atoms with E-state index in [1.807, 2.05) is 0 Å². The average Bonchev–Trinajstić information content (AvgIpc) is 2.81. The van der Waals surface area contributed by atoms with Crippen LogP contribution in [-0.2, 0) is 5.41 Å². The molecule has 1 aliphatic rings. The third-order valence-corrected chi connectivity index (χ3v) is 6.93. The molecule has 4 aromatic carbocycles. The Hall–Kier alpha value is -3.32. The molecule has 0 radical (unpaired) electrons. The Kier molecular flexibility index (Phi) is 5.13. The second-order valence-electron chi connectivity index (χ2n) is 9.76. The normalized spacial score (nSPS) is 17.3. The van der Waals surface area contributed by atoms with Crippen molar-refractivity contribution in [2.24, 2.45) is 0 Å². The second kappa shape index (κ2) is 7.98. The number of nitrogens with one attached hydrogen (secondary N) is 1. The first-order chi connectivity index (χ1) is 15.5. The summed E-state index contributed by atoms with van der Waals surface area (Å²) in [7, 11) is 0. The molecule has 1 nitrogen and oxygen atoms in total. The minimum Gasteiger partial charge on any atom is -0.380 e. The maximum atomic E-state index is 3.76. The third kappa shape index (κ3) is 3.42. The van der Waals surface area contributed by atoms with Crippen molar-refractivity contribution in [3.63, 3.8) is 0 Å². The molecule has 1 N–H and O–H groups in total. The van der Waals surface area contributed by atoms with Gasteiger partial charge in [-0.1, -0.05) is 110 Å². The van der Waals surface area contributed by atoms with Gasteiger partial charge in [0, 0.05) is 11.2 Å². The molecule has 0 amide bonds. The van der Waals surface area contributed by atoms with E-state index in [2.05, 4.69) is 135 Å². The van der Waals surface area contributed by atoms with Crippen molar-refractivity contribution in [2.45, 2.75) is 44.1 Å². The third-order valence-electron chi connectivity index (χ3n) is 6.93. The minimum atomic E-state index is -0.383. The molecular weight excluding hydrogens is 386 g/mol. The first kappa shape index (κ1) is 20.6. The number of benzene rings is 4. The quantitative estimate of drug-likeness (QED) is 0.334. The van der Waals surface area contributed by atoms with E-state index in [1.54, 1.807) is 0 Å². The van der Waals surface area contributed by atoms with Crippen LogP contribution in [-0.4, -0.2) is 5.54 Å². The molecule has 0 bridgehead atoms. The molecule has 0 spiro atoms. The lowest BCUT2D eigenvalue weighted by atomic mass is 9.64. The second-order valence-corrected chi connectivity index (χ2v) is 9.76. The zero-order chi connectivity index (χ0) is 22.2. The summed E-state index contributed by atoms with van der Waals surface area (Å²) < 4.78 is 0. The molecule has 0 fully saturated rings. The molecule has 1 heteroatoms. The molecule has 1 aliphatic heterocycles. The summed E-state index contributed by atoms with van der Waals surface area (Å²) >= 11 is 0. The maximum absolute atomic E-state index is 3.76. The summed E-state index contributed by atoms with van der Waals surface area (Å²) in [6.45, 7) is 6.95. The summed E-state index contributed by atoms with van der Waals surface area (Å²) in [5, 5.41) is 3.76. The highest BCUT2D eigenvalue weighted by Gasteiger charge is 2.39. The highest BCUT2D eigenvalue weighted by Crippen LogP contribution is 2.48. The van der Waals surface area contributed by atoms with Crippen LogP contribution >= 0.6 is 0 Å². The molecule has 0 aliphatic carbocycles. The van der Waals surface area contributed by atoms with E-state index in [1.165, 1.54) is 33.5 Å². The highest BCUT2D eigenvalue weighted by molar-refractivity contribution is 5.65. The van der Waals surface area contributed by atoms with Crippen molar-refractivity contribution in [3.05, 3.63) is 137 Å². The summed E-state index contributed by atoms with van der Waals surface area (Å²) in [6.07, 6.45) is 1.12. The van der Waals surface area contributed by atoms with Crippen LogP contribution in [0, 0.1) is 0 Å². The van der Waals surface area contributed by atoms with E-state index in [0.29, 0.717) is 5.92 Å². The molecule has 160 valence electrons. The van der Waals surface area contributed by atoms with E-state index in [9.17, 15) is 0 Å². The average molecular weight is 418 g/mol. The van der Waals surface area contributed by atoms with E-state index in [0.717, 1.165) is 6.42 Å². The standard InChI is InChI=1S/C31H31N/c1-23-22-30(2,3)32-29-20-19-27(21-28(23)29)31(24-13-7-4-8-14-24,25-15-9-5-10-16-25)26-17-11-6-12-18-26/h4-21,23,32H,22H2,1-3H3/t23-/m0/s1. The van der Waals surface area contributed by atoms with E-state index >= 15 is 0 Å². The van der Waals surface area contributed by atoms with Crippen LogP contribution in [0.5, 0.6) is 0 Å². The fourth-order valence-electron chi connectivity index (χ4n) is 5.67. The van der Waals surface area contributed by atoms with Crippen molar-refractivity contribution in [3.8, 4) is 0 Å². The van der Waals surface area contributed by atoms with Gasteiger partial charge in [-0.15, -0.1) is 0 Å². The van der Waals surface area contributed by atoms with Gasteiger partial charge in [0.2, 0.25) is 0 Å². The monoisotopic (exact) mass is 417 g/mol. The molecule has 32 heavy (non-hydrogen) atoms. The van der Waals surface area contributed by atoms with Gasteiger partial charge in [0.1, 0.15) is 0 Å². The number of anilines is 1. The van der Waals surface area contributed by atoms with Gasteiger partial charge < -0.3 is 5.32 Å². The number of hydrogen-bond donors (Lipinski definition) is 1. The molecule has 5 rings (SSSR count). The highest BCUT2D eigenvalue weighted by atomic mass is 15.0. The van der Waals surface area contributed by atoms with Crippen LogP contribution < -0.4 is 5.32 Å². The van der Waals surface area contributed by atoms with Crippen LogP contribution in [0.4, 0.5) is 5.69 Å². The van der Waals surface area contributed by atoms with Crippen LogP contribution in [0.1, 0.15) is 60.9 Å². The Labute approximate surface area is 192 Å². The summed E-state index contributed by atoms with van der Waals surface area (Å²) in [6, 6.07) is 39.9. The van der Waals surface area contributed by atoms with Crippen molar-refractivity contribution in [2.75, 3.05) is 5.32 Å². The van der Waals surface area contributed by atoms with Gasteiger partial charge in [-0.2, -0.15) is 0 Å². The largest absolute Gasteiger partial charge is 0.380 e. The van der Waals surface area contributed by atoms with Crippen molar-refractivity contribution >= 4 is 5.69 Å². The Bertz CT molecular complexity index is 1100. The topological polar surface area (TPSA) is 12.0 Å². The van der Waals surface area contributed by atoms with Gasteiger partial charge in [-0.05, 0) is 60.1 Å². The van der Waals surface area contributed by atoms with Gasteiger partial charge in [0.25, 0.3) is 0 Å². The van der Waals surface area contributed by atoms with Gasteiger partial charge in [-0.25, -0.2) is 0 Å². The zero-order valence-corrected chi connectivity index (χ0v) is 19.2. The Morgan fingerprint density at radius 1 is 0.656 bits per heavy atom. The number of rotatable bonds is 4. The first-order valence-corrected chi connectivity index (χ1v) is 11.6. The van der Waals surface area contributed by atoms with Gasteiger partial charge in [0.05, 0.1) is 5.41 Å². The van der Waals surface area contributed by atoms with Crippen molar-refractivity contribution in [1.29, 1.82) is 0 Å². The Balaban J connectivity index is 1.83. The summed E-state index contributed by atoms with van der Waals surface area (Å²) in [5.74, 6) is 0.501. The molecule has 0 saturated carbocycles. The lowest BCUT2D eigenvalue weighted by molar-refractivity contribution is 0.453. The Morgan fingerprint density at radius 3 is 1.59 bits per heavy atom. The molecule has 0 unspecified atom stereocenters. The van der Waals surface area contributed by atoms with Crippen LogP contribution in [0.2, 0.25) is 0 Å². The van der Waals surface area contributed by atoms with E-state index < -0.39 is 0 Å². The lowest BCUT2D eigenvalue weighted by Crippen LogP contribution is -2.37. The summed E-state index contributed by atoms with van der Waals surface area (Å²) in [5.41, 5.74) is 7.58. The number of fused-ring (bicyclic) bond motifs is 1. The predicted molar refractivity (Wildman–Crippen MR) is 135 cm³/mol. The molecule has 1 heterocycles. The smallest absolute Gasteiger partial charge is 0.0701 e. The fourth-order valence-corrected chi connectivity index (χ4v) is 5.67. The maximum Gasteiger partial charge on any atom is 0.0701 e. The van der Waals surface area contributed by atoms with Crippen LogP contribution in [0.3, 0.4) is 0 Å². The van der Waals surface area contributed by atoms with Crippen molar-refractivity contribution in [1.82, 2.24) is 0 Å². The van der Waals surface area contributed by atoms with E-state index in [4.69, 9.17) is 0 Å². The lowest BCUT2D eigenvalue weighted by Gasteiger charge is -2.40. The van der Waals surface area contributed by atoms with Gasteiger partial charge >= 0.3 is 0 Å².